The molecule has 4 saturated carbocycles. The second-order valence-electron chi connectivity index (χ2n) is 9.69. The van der Waals surface area contributed by atoms with Gasteiger partial charge in [0.25, 0.3) is 0 Å². The molecule has 0 spiro atoms. The lowest BCUT2D eigenvalue weighted by molar-refractivity contribution is -0.147. The highest BCUT2D eigenvalue weighted by Gasteiger charge is 2.54. The molecule has 6 rings (SSSR count). The molecule has 158 valence electrons. The van der Waals surface area contributed by atoms with E-state index in [2.05, 4.69) is 15.6 Å². The predicted octanol–water partition coefficient (Wildman–Crippen LogP) is 2.96. The lowest BCUT2D eigenvalue weighted by atomic mass is 9.49. The highest BCUT2D eigenvalue weighted by molar-refractivity contribution is 5.88. The van der Waals surface area contributed by atoms with Crippen LogP contribution in [0.25, 0.3) is 0 Å². The van der Waals surface area contributed by atoms with Crippen LogP contribution in [0.5, 0.6) is 0 Å². The number of hydrogen-bond acceptors (Lipinski definition) is 3. The Labute approximate surface area is 177 Å². The first-order chi connectivity index (χ1) is 14.5. The SMILES string of the molecule is Cn1ccnc1C(NC(=O)CNC(=O)C12CC3CC(CC(C3)C1)C2)c1ccccc1. The van der Waals surface area contributed by atoms with Crippen LogP contribution < -0.4 is 10.6 Å². The first-order valence-electron chi connectivity index (χ1n) is 11.1. The van der Waals surface area contributed by atoms with Gasteiger partial charge in [0.2, 0.25) is 11.8 Å². The van der Waals surface area contributed by atoms with Crippen LogP contribution in [0.2, 0.25) is 0 Å². The Morgan fingerprint density at radius 1 is 1.10 bits per heavy atom. The fourth-order valence-corrected chi connectivity index (χ4v) is 6.55. The number of aryl methyl sites for hydroxylation is 1. The molecule has 4 aliphatic rings. The first kappa shape index (κ1) is 19.3. The minimum Gasteiger partial charge on any atom is -0.347 e. The maximum absolute atomic E-state index is 13.1. The highest BCUT2D eigenvalue weighted by atomic mass is 16.2. The summed E-state index contributed by atoms with van der Waals surface area (Å²) < 4.78 is 1.91. The zero-order valence-corrected chi connectivity index (χ0v) is 17.5. The number of rotatable bonds is 6. The van der Waals surface area contributed by atoms with Crippen molar-refractivity contribution in [2.24, 2.45) is 30.2 Å². The largest absolute Gasteiger partial charge is 0.347 e. The van der Waals surface area contributed by atoms with Crippen LogP contribution in [0, 0.1) is 23.2 Å². The molecule has 0 radical (unpaired) electrons. The summed E-state index contributed by atoms with van der Waals surface area (Å²) in [4.78, 5) is 30.4. The van der Waals surface area contributed by atoms with Crippen LogP contribution >= 0.6 is 0 Å². The number of aromatic nitrogens is 2. The Balaban J connectivity index is 1.25. The van der Waals surface area contributed by atoms with Gasteiger partial charge in [0.15, 0.2) is 0 Å². The lowest BCUT2D eigenvalue weighted by Crippen LogP contribution is -2.54. The van der Waals surface area contributed by atoms with Gasteiger partial charge in [0.1, 0.15) is 11.9 Å². The van der Waals surface area contributed by atoms with E-state index in [1.165, 1.54) is 19.3 Å². The van der Waals surface area contributed by atoms with E-state index in [4.69, 9.17) is 0 Å². The third-order valence-corrected chi connectivity index (χ3v) is 7.48. The number of imidazole rings is 1. The molecule has 0 aliphatic heterocycles. The molecule has 4 aliphatic carbocycles. The Hall–Kier alpha value is -2.63. The Morgan fingerprint density at radius 3 is 2.30 bits per heavy atom. The van der Waals surface area contributed by atoms with E-state index in [1.54, 1.807) is 6.20 Å². The van der Waals surface area contributed by atoms with Gasteiger partial charge in [-0.15, -0.1) is 0 Å². The molecule has 4 bridgehead atoms. The summed E-state index contributed by atoms with van der Waals surface area (Å²) >= 11 is 0. The van der Waals surface area contributed by atoms with Crippen LogP contribution in [0.4, 0.5) is 0 Å². The number of hydrogen-bond donors (Lipinski definition) is 2. The molecule has 4 fully saturated rings. The van der Waals surface area contributed by atoms with E-state index in [-0.39, 0.29) is 29.8 Å². The van der Waals surface area contributed by atoms with E-state index in [0.29, 0.717) is 17.8 Å². The number of amides is 2. The van der Waals surface area contributed by atoms with Gasteiger partial charge in [0.05, 0.1) is 6.54 Å². The quantitative estimate of drug-likeness (QED) is 0.774. The molecule has 2 N–H and O–H groups in total. The van der Waals surface area contributed by atoms with Crippen molar-refractivity contribution in [1.82, 2.24) is 20.2 Å². The van der Waals surface area contributed by atoms with Crippen LogP contribution in [-0.2, 0) is 16.6 Å². The third kappa shape index (κ3) is 3.53. The van der Waals surface area contributed by atoms with Crippen LogP contribution in [0.3, 0.4) is 0 Å². The number of nitrogens with one attached hydrogen (secondary N) is 2. The van der Waals surface area contributed by atoms with Crippen LogP contribution in [-0.4, -0.2) is 27.9 Å². The van der Waals surface area contributed by atoms with Crippen molar-refractivity contribution >= 4 is 11.8 Å². The molecule has 1 aromatic heterocycles. The lowest BCUT2D eigenvalue weighted by Gasteiger charge is -2.55. The predicted molar refractivity (Wildman–Crippen MR) is 113 cm³/mol. The normalized spacial score (nSPS) is 30.1. The van der Waals surface area contributed by atoms with Crippen molar-refractivity contribution in [3.63, 3.8) is 0 Å². The van der Waals surface area contributed by atoms with Gasteiger partial charge in [0, 0.05) is 24.9 Å². The van der Waals surface area contributed by atoms with Gasteiger partial charge in [-0.2, -0.15) is 0 Å². The topological polar surface area (TPSA) is 76.0 Å². The fourth-order valence-electron chi connectivity index (χ4n) is 6.55. The summed E-state index contributed by atoms with van der Waals surface area (Å²) in [6.45, 7) is 0.00827. The monoisotopic (exact) mass is 406 g/mol. The molecular weight excluding hydrogens is 376 g/mol. The van der Waals surface area contributed by atoms with Crippen molar-refractivity contribution in [3.8, 4) is 0 Å². The Bertz CT molecular complexity index is 900. The molecule has 2 amide bonds. The first-order valence-corrected chi connectivity index (χ1v) is 11.1. The van der Waals surface area contributed by atoms with E-state index < -0.39 is 0 Å². The zero-order chi connectivity index (χ0) is 20.7. The minimum atomic E-state index is -0.352. The molecule has 6 heteroatoms. The van der Waals surface area contributed by atoms with Crippen LogP contribution in [0.15, 0.2) is 42.7 Å². The molecule has 1 atom stereocenters. The average Bonchev–Trinajstić information content (AvgIpc) is 3.15. The van der Waals surface area contributed by atoms with Crippen molar-refractivity contribution in [3.05, 3.63) is 54.1 Å². The molecule has 6 nitrogen and oxygen atoms in total. The zero-order valence-electron chi connectivity index (χ0n) is 17.5. The molecule has 1 aromatic carbocycles. The van der Waals surface area contributed by atoms with E-state index >= 15 is 0 Å². The Morgan fingerprint density at radius 2 is 1.73 bits per heavy atom. The summed E-state index contributed by atoms with van der Waals surface area (Å²) in [5, 5.41) is 6.05. The van der Waals surface area contributed by atoms with Crippen LogP contribution in [0.1, 0.15) is 56.0 Å². The standard InChI is InChI=1S/C24H30N4O2/c1-28-8-7-25-22(28)21(19-5-3-2-4-6-19)27-20(29)15-26-23(30)24-12-16-9-17(13-24)11-18(10-16)14-24/h2-8,16-18,21H,9-15H2,1H3,(H,26,30)(H,27,29). The van der Waals surface area contributed by atoms with Gasteiger partial charge in [-0.1, -0.05) is 30.3 Å². The summed E-state index contributed by atoms with van der Waals surface area (Å²) in [5.41, 5.74) is 0.737. The van der Waals surface area contributed by atoms with Gasteiger partial charge >= 0.3 is 0 Å². The molecular formula is C24H30N4O2. The number of nitrogens with zero attached hydrogens (tertiary/aromatic N) is 2. The molecule has 2 aromatic rings. The summed E-state index contributed by atoms with van der Waals surface area (Å²) in [7, 11) is 1.92. The maximum Gasteiger partial charge on any atom is 0.240 e. The molecule has 1 unspecified atom stereocenters. The van der Waals surface area contributed by atoms with Crippen molar-refractivity contribution in [2.75, 3.05) is 6.54 Å². The third-order valence-electron chi connectivity index (χ3n) is 7.48. The van der Waals surface area contributed by atoms with Gasteiger partial charge in [-0.05, 0) is 61.8 Å². The van der Waals surface area contributed by atoms with E-state index in [9.17, 15) is 9.59 Å². The summed E-state index contributed by atoms with van der Waals surface area (Å²) in [5.74, 6) is 2.79. The van der Waals surface area contributed by atoms with Gasteiger partial charge in [-0.25, -0.2) is 4.98 Å². The number of carbonyl (C=O) groups is 2. The summed E-state index contributed by atoms with van der Waals surface area (Å²) in [6, 6.07) is 9.46. The second-order valence-corrected chi connectivity index (χ2v) is 9.69. The maximum atomic E-state index is 13.1. The second kappa shape index (κ2) is 7.56. The van der Waals surface area contributed by atoms with E-state index in [1.807, 2.05) is 48.1 Å². The van der Waals surface area contributed by atoms with E-state index in [0.717, 1.165) is 30.7 Å². The molecule has 0 saturated heterocycles. The van der Waals surface area contributed by atoms with Gasteiger partial charge in [-0.3, -0.25) is 9.59 Å². The fraction of sp³-hybridized carbons (Fsp3) is 0.542. The van der Waals surface area contributed by atoms with Crippen molar-refractivity contribution < 1.29 is 9.59 Å². The summed E-state index contributed by atoms with van der Waals surface area (Å²) in [6.07, 6.45) is 10.5. The minimum absolute atomic E-state index is 0.00827. The highest BCUT2D eigenvalue weighted by Crippen LogP contribution is 2.60. The van der Waals surface area contributed by atoms with Crippen molar-refractivity contribution in [2.45, 2.75) is 44.6 Å². The van der Waals surface area contributed by atoms with Gasteiger partial charge < -0.3 is 15.2 Å². The molecule has 30 heavy (non-hydrogen) atoms. The van der Waals surface area contributed by atoms with Crippen molar-refractivity contribution in [1.29, 1.82) is 0 Å². The smallest absolute Gasteiger partial charge is 0.240 e. The molecule has 1 heterocycles. The number of carbonyl (C=O) groups excluding carboxylic acids is 2. The number of benzene rings is 1. The average molecular weight is 407 g/mol. The Kier molecular flexibility index (Phi) is 4.88.